The van der Waals surface area contributed by atoms with E-state index in [4.69, 9.17) is 33.8 Å². The number of carboxylic acids is 2. The summed E-state index contributed by atoms with van der Waals surface area (Å²) in [4.78, 5) is 86.5. The fourth-order valence-corrected chi connectivity index (χ4v) is 2.99. The minimum absolute atomic E-state index is 0.0574. The molecule has 0 aromatic carbocycles. The Morgan fingerprint density at radius 3 is 1.66 bits per heavy atom. The first kappa shape index (κ1) is 33.5. The van der Waals surface area contributed by atoms with Crippen LogP contribution in [0, 0.1) is 0 Å². The monoisotopic (exact) mass is 545 g/mol. The summed E-state index contributed by atoms with van der Waals surface area (Å²) in [6.45, 7) is 0.0742. The quantitative estimate of drug-likeness (QED) is 0.0414. The van der Waals surface area contributed by atoms with Gasteiger partial charge < -0.3 is 54.8 Å². The molecule has 0 saturated heterocycles. The van der Waals surface area contributed by atoms with Crippen LogP contribution in [0.2, 0.25) is 0 Å². The number of carbonyl (C=O) groups excluding carboxylic acids is 5. The van der Waals surface area contributed by atoms with Crippen molar-refractivity contribution >= 4 is 47.4 Å². The second kappa shape index (κ2) is 17.1. The average Bonchev–Trinajstić information content (AvgIpc) is 2.79. The molecule has 0 radical (unpaired) electrons. The number of rotatable bonds is 19. The lowest BCUT2D eigenvalue weighted by molar-refractivity contribution is -0.143. The summed E-state index contributed by atoms with van der Waals surface area (Å²) in [5.74, 6) is -7.56. The Balaban J connectivity index is 5.72. The van der Waals surface area contributed by atoms with Crippen LogP contribution in [0.15, 0.2) is 4.99 Å². The van der Waals surface area contributed by atoms with Gasteiger partial charge in [0.2, 0.25) is 29.5 Å². The normalized spacial score (nSPS) is 13.6. The van der Waals surface area contributed by atoms with Crippen molar-refractivity contribution in [1.82, 2.24) is 16.0 Å². The lowest BCUT2D eigenvalue weighted by Crippen LogP contribution is -2.57. The number of nitrogens with two attached hydrogens (primary N) is 5. The molecule has 0 aliphatic heterocycles. The van der Waals surface area contributed by atoms with Crippen LogP contribution in [0.3, 0.4) is 0 Å². The molecule has 0 fully saturated rings. The zero-order valence-corrected chi connectivity index (χ0v) is 20.6. The maximum absolute atomic E-state index is 13.0. The molecular weight excluding hydrogens is 510 g/mol. The number of primary amides is 2. The molecule has 15 N–H and O–H groups in total. The van der Waals surface area contributed by atoms with Gasteiger partial charge in [-0.3, -0.25) is 33.8 Å². The van der Waals surface area contributed by atoms with Crippen molar-refractivity contribution in [3.05, 3.63) is 0 Å². The lowest BCUT2D eigenvalue weighted by Gasteiger charge is -2.25. The Bertz CT molecular complexity index is 922. The summed E-state index contributed by atoms with van der Waals surface area (Å²) < 4.78 is 0. The van der Waals surface area contributed by atoms with E-state index in [2.05, 4.69) is 20.9 Å². The molecule has 18 heteroatoms. The summed E-state index contributed by atoms with van der Waals surface area (Å²) in [5, 5.41) is 24.8. The minimum Gasteiger partial charge on any atom is -0.481 e. The smallest absolute Gasteiger partial charge is 0.326 e. The van der Waals surface area contributed by atoms with Gasteiger partial charge in [0.25, 0.3) is 0 Å². The molecule has 0 saturated carbocycles. The molecule has 18 nitrogen and oxygen atoms in total. The maximum Gasteiger partial charge on any atom is 0.326 e. The molecule has 0 aliphatic carbocycles. The topological polar surface area (TPSA) is 338 Å². The van der Waals surface area contributed by atoms with Gasteiger partial charge in [0.1, 0.15) is 18.1 Å². The molecule has 0 rings (SSSR count). The zero-order chi connectivity index (χ0) is 29.4. The van der Waals surface area contributed by atoms with Crippen molar-refractivity contribution in [2.45, 2.75) is 69.1 Å². The van der Waals surface area contributed by atoms with Gasteiger partial charge in [0.15, 0.2) is 5.96 Å². The van der Waals surface area contributed by atoms with Crippen LogP contribution in [0.1, 0.15) is 44.9 Å². The van der Waals surface area contributed by atoms with E-state index < -0.39 is 84.9 Å². The first-order chi connectivity index (χ1) is 17.6. The van der Waals surface area contributed by atoms with E-state index in [-0.39, 0.29) is 38.2 Å². The van der Waals surface area contributed by atoms with Gasteiger partial charge in [-0.2, -0.15) is 0 Å². The number of nitrogens with zero attached hydrogens (tertiary/aromatic N) is 1. The van der Waals surface area contributed by atoms with Crippen molar-refractivity contribution in [3.63, 3.8) is 0 Å². The van der Waals surface area contributed by atoms with Gasteiger partial charge >= 0.3 is 11.9 Å². The Morgan fingerprint density at radius 1 is 0.684 bits per heavy atom. The summed E-state index contributed by atoms with van der Waals surface area (Å²) in [6.07, 6.45) is -2.12. The third-order valence-corrected chi connectivity index (χ3v) is 4.91. The molecule has 0 aromatic rings. The number of nitrogens with one attached hydrogen (secondary N) is 3. The molecule has 4 unspecified atom stereocenters. The lowest BCUT2D eigenvalue weighted by atomic mass is 10.1. The molecule has 0 aliphatic rings. The average molecular weight is 546 g/mol. The van der Waals surface area contributed by atoms with E-state index in [1.54, 1.807) is 0 Å². The number of hydrogen-bond donors (Lipinski definition) is 10. The number of aliphatic imine (C=N–C) groups is 1. The van der Waals surface area contributed by atoms with Crippen LogP contribution < -0.4 is 44.6 Å². The van der Waals surface area contributed by atoms with Crippen LogP contribution in [0.5, 0.6) is 0 Å². The van der Waals surface area contributed by atoms with Gasteiger partial charge in [-0.05, 0) is 25.7 Å². The van der Waals surface area contributed by atoms with Crippen LogP contribution >= 0.6 is 0 Å². The second-order valence-corrected chi connectivity index (χ2v) is 8.18. The third kappa shape index (κ3) is 14.8. The second-order valence-electron chi connectivity index (χ2n) is 8.18. The van der Waals surface area contributed by atoms with E-state index in [0.717, 1.165) is 0 Å². The highest BCUT2D eigenvalue weighted by molar-refractivity contribution is 5.95. The van der Waals surface area contributed by atoms with Crippen LogP contribution in [-0.4, -0.2) is 88.4 Å². The highest BCUT2D eigenvalue weighted by atomic mass is 16.4. The van der Waals surface area contributed by atoms with E-state index >= 15 is 0 Å². The fraction of sp³-hybridized carbons (Fsp3) is 0.600. The van der Waals surface area contributed by atoms with Crippen LogP contribution in [-0.2, 0) is 33.6 Å². The molecule has 4 atom stereocenters. The van der Waals surface area contributed by atoms with E-state index in [9.17, 15) is 38.7 Å². The van der Waals surface area contributed by atoms with Crippen molar-refractivity contribution in [3.8, 4) is 0 Å². The summed E-state index contributed by atoms with van der Waals surface area (Å²) in [6, 6.07) is -5.78. The number of amides is 5. The highest BCUT2D eigenvalue weighted by Crippen LogP contribution is 2.06. The van der Waals surface area contributed by atoms with Crippen molar-refractivity contribution in [1.29, 1.82) is 0 Å². The molecular formula is C20H35N9O9. The van der Waals surface area contributed by atoms with Gasteiger partial charge in [0.05, 0.1) is 12.5 Å². The highest BCUT2D eigenvalue weighted by Gasteiger charge is 2.30. The number of guanidine groups is 1. The minimum atomic E-state index is -1.60. The Hall–Kier alpha value is -4.48. The van der Waals surface area contributed by atoms with Crippen LogP contribution in [0.25, 0.3) is 0 Å². The number of hydrogen-bond acceptors (Lipinski definition) is 9. The molecule has 0 spiro atoms. The zero-order valence-electron chi connectivity index (χ0n) is 20.6. The van der Waals surface area contributed by atoms with E-state index in [1.807, 2.05) is 0 Å². The Labute approximate surface area is 217 Å². The van der Waals surface area contributed by atoms with Gasteiger partial charge in [-0.25, -0.2) is 4.79 Å². The molecule has 0 aromatic heterocycles. The van der Waals surface area contributed by atoms with E-state index in [1.165, 1.54) is 0 Å². The molecule has 214 valence electrons. The van der Waals surface area contributed by atoms with E-state index in [0.29, 0.717) is 0 Å². The number of aliphatic carboxylic acids is 2. The van der Waals surface area contributed by atoms with Crippen LogP contribution in [0.4, 0.5) is 0 Å². The SMILES string of the molecule is NC(=O)CCC(NC(=O)C(CCCN=C(N)N)NC(=O)C(N)CC(N)=O)C(=O)NC(CCC(=O)O)C(=O)O. The molecule has 38 heavy (non-hydrogen) atoms. The predicted octanol–water partition coefficient (Wildman–Crippen LogP) is -5.09. The van der Waals surface area contributed by atoms with Crippen molar-refractivity contribution < 1.29 is 43.8 Å². The Kier molecular flexibility index (Phi) is 15.0. The predicted molar refractivity (Wildman–Crippen MR) is 130 cm³/mol. The van der Waals surface area contributed by atoms with Gasteiger partial charge in [-0.1, -0.05) is 0 Å². The maximum atomic E-state index is 13.0. The van der Waals surface area contributed by atoms with Gasteiger partial charge in [-0.15, -0.1) is 0 Å². The first-order valence-corrected chi connectivity index (χ1v) is 11.4. The standard InChI is InChI=1S/C20H35N9O9/c21-9(8-14(23)31)16(34)27-10(2-1-7-26-20(24)25)17(35)28-11(3-5-13(22)30)18(36)29-12(19(37)38)4-6-15(32)33/h9-12H,1-8,21H2,(H2,22,30)(H2,23,31)(H,27,34)(H,28,35)(H,29,36)(H,32,33)(H,37,38)(H4,24,25,26). The number of carboxylic acid groups (broad SMARTS) is 2. The summed E-state index contributed by atoms with van der Waals surface area (Å²) >= 11 is 0. The molecule has 5 amide bonds. The Morgan fingerprint density at radius 2 is 1.18 bits per heavy atom. The van der Waals surface area contributed by atoms with Gasteiger partial charge in [0, 0.05) is 19.4 Å². The summed E-state index contributed by atoms with van der Waals surface area (Å²) in [7, 11) is 0. The summed E-state index contributed by atoms with van der Waals surface area (Å²) in [5.41, 5.74) is 26.3. The third-order valence-electron chi connectivity index (χ3n) is 4.91. The molecule has 0 heterocycles. The number of carbonyl (C=O) groups is 7. The first-order valence-electron chi connectivity index (χ1n) is 11.4. The molecule has 0 bridgehead atoms. The fourth-order valence-electron chi connectivity index (χ4n) is 2.99. The largest absolute Gasteiger partial charge is 0.481 e. The van der Waals surface area contributed by atoms with Crippen molar-refractivity contribution in [2.75, 3.05) is 6.54 Å². The van der Waals surface area contributed by atoms with Crippen molar-refractivity contribution in [2.24, 2.45) is 33.7 Å².